The third-order valence-electron chi connectivity index (χ3n) is 3.56. The highest BCUT2D eigenvalue weighted by atomic mass is 79.9. The summed E-state index contributed by atoms with van der Waals surface area (Å²) in [6, 6.07) is 14.4. The van der Waals surface area contributed by atoms with Crippen molar-refractivity contribution in [2.24, 2.45) is 0 Å². The largest absolute Gasteiger partial charge is 0.388 e. The van der Waals surface area contributed by atoms with Crippen molar-refractivity contribution in [3.05, 3.63) is 69.0 Å². The Balaban J connectivity index is 1.88. The monoisotopic (exact) mass is 346 g/mol. The number of aliphatic hydroxyl groups excluding tert-OH is 1. The van der Waals surface area contributed by atoms with Crippen LogP contribution in [0.15, 0.2) is 52.3 Å². The number of aryl methyl sites for hydroxylation is 1. The summed E-state index contributed by atoms with van der Waals surface area (Å²) in [5.74, 6) is 0. The molecule has 0 saturated carbocycles. The molecule has 3 rings (SSSR count). The molecule has 1 N–H and O–H groups in total. The number of hydrogen-bond donors (Lipinski definition) is 1. The minimum absolute atomic E-state index is 0.468. The molecule has 0 saturated heterocycles. The first-order chi connectivity index (χ1) is 9.65. The number of rotatable bonds is 3. The standard InChI is InChI=1S/C17H15BrOS/c1-11-6-7-12(8-15(11)18)16(19)9-13-10-20-17-5-3-2-4-14(13)17/h2-8,10,16,19H,9H2,1H3. The van der Waals surface area contributed by atoms with E-state index in [-0.39, 0.29) is 0 Å². The molecule has 0 radical (unpaired) electrons. The van der Waals surface area contributed by atoms with Crippen LogP contribution in [0.2, 0.25) is 0 Å². The maximum atomic E-state index is 10.5. The van der Waals surface area contributed by atoms with Crippen LogP contribution in [0, 0.1) is 6.92 Å². The van der Waals surface area contributed by atoms with Crippen molar-refractivity contribution in [1.82, 2.24) is 0 Å². The first-order valence-corrected chi connectivity index (χ1v) is 8.21. The Labute approximate surface area is 131 Å². The molecule has 102 valence electrons. The van der Waals surface area contributed by atoms with Gasteiger partial charge in [-0.2, -0.15) is 0 Å². The lowest BCUT2D eigenvalue weighted by atomic mass is 10.0. The molecular formula is C17H15BrOS. The second-order valence-corrected chi connectivity index (χ2v) is 6.75. The Morgan fingerprint density at radius 1 is 1.20 bits per heavy atom. The Bertz CT molecular complexity index is 748. The first kappa shape index (κ1) is 13.8. The average molecular weight is 347 g/mol. The maximum absolute atomic E-state index is 10.5. The number of aliphatic hydroxyl groups is 1. The van der Waals surface area contributed by atoms with Gasteiger partial charge in [0.05, 0.1) is 6.10 Å². The SMILES string of the molecule is Cc1ccc(C(O)Cc2csc3ccccc23)cc1Br. The van der Waals surface area contributed by atoms with Gasteiger partial charge < -0.3 is 5.11 Å². The molecule has 0 aliphatic carbocycles. The number of benzene rings is 2. The van der Waals surface area contributed by atoms with Crippen LogP contribution in [0.25, 0.3) is 10.1 Å². The minimum atomic E-state index is -0.468. The minimum Gasteiger partial charge on any atom is -0.388 e. The van der Waals surface area contributed by atoms with Gasteiger partial charge in [0.15, 0.2) is 0 Å². The van der Waals surface area contributed by atoms with E-state index in [9.17, 15) is 5.11 Å². The van der Waals surface area contributed by atoms with Crippen LogP contribution >= 0.6 is 27.3 Å². The molecular weight excluding hydrogens is 332 g/mol. The zero-order valence-electron chi connectivity index (χ0n) is 11.1. The first-order valence-electron chi connectivity index (χ1n) is 6.54. The van der Waals surface area contributed by atoms with Gasteiger partial charge in [0.1, 0.15) is 0 Å². The Kier molecular flexibility index (Phi) is 3.92. The highest BCUT2D eigenvalue weighted by Crippen LogP contribution is 2.30. The Hall–Kier alpha value is -1.16. The number of hydrogen-bond acceptors (Lipinski definition) is 2. The van der Waals surface area contributed by atoms with E-state index in [2.05, 4.69) is 39.5 Å². The summed E-state index contributed by atoms with van der Waals surface area (Å²) in [4.78, 5) is 0. The molecule has 0 fully saturated rings. The summed E-state index contributed by atoms with van der Waals surface area (Å²) in [7, 11) is 0. The average Bonchev–Trinajstić information content (AvgIpc) is 2.85. The van der Waals surface area contributed by atoms with Crippen LogP contribution in [-0.2, 0) is 6.42 Å². The second kappa shape index (κ2) is 5.68. The summed E-state index contributed by atoms with van der Waals surface area (Å²) in [6.07, 6.45) is 0.185. The summed E-state index contributed by atoms with van der Waals surface area (Å²) in [5.41, 5.74) is 3.36. The lowest BCUT2D eigenvalue weighted by molar-refractivity contribution is 0.179. The van der Waals surface area contributed by atoms with Crippen LogP contribution in [0.5, 0.6) is 0 Å². The van der Waals surface area contributed by atoms with Crippen molar-refractivity contribution in [3.63, 3.8) is 0 Å². The highest BCUT2D eigenvalue weighted by Gasteiger charge is 2.12. The van der Waals surface area contributed by atoms with Crippen molar-refractivity contribution < 1.29 is 5.11 Å². The quantitative estimate of drug-likeness (QED) is 0.686. The van der Waals surface area contributed by atoms with E-state index in [4.69, 9.17) is 0 Å². The zero-order valence-corrected chi connectivity index (χ0v) is 13.5. The van der Waals surface area contributed by atoms with Crippen molar-refractivity contribution in [2.75, 3.05) is 0 Å². The summed E-state index contributed by atoms with van der Waals surface area (Å²) < 4.78 is 2.32. The van der Waals surface area contributed by atoms with E-state index < -0.39 is 6.10 Å². The van der Waals surface area contributed by atoms with Crippen molar-refractivity contribution in [3.8, 4) is 0 Å². The van der Waals surface area contributed by atoms with Crippen molar-refractivity contribution >= 4 is 37.4 Å². The Morgan fingerprint density at radius 2 is 2.00 bits per heavy atom. The number of halogens is 1. The molecule has 1 nitrogen and oxygen atoms in total. The predicted molar refractivity (Wildman–Crippen MR) is 89.4 cm³/mol. The molecule has 1 heterocycles. The van der Waals surface area contributed by atoms with Gasteiger partial charge >= 0.3 is 0 Å². The van der Waals surface area contributed by atoms with Crippen LogP contribution in [0.4, 0.5) is 0 Å². The van der Waals surface area contributed by atoms with Gasteiger partial charge in [-0.3, -0.25) is 0 Å². The van der Waals surface area contributed by atoms with Crippen LogP contribution < -0.4 is 0 Å². The second-order valence-electron chi connectivity index (χ2n) is 4.99. The summed E-state index contributed by atoms with van der Waals surface area (Å²) >= 11 is 5.26. The van der Waals surface area contributed by atoms with E-state index in [1.54, 1.807) is 11.3 Å². The third-order valence-corrected chi connectivity index (χ3v) is 5.42. The van der Waals surface area contributed by atoms with Gasteiger partial charge in [-0.25, -0.2) is 0 Å². The van der Waals surface area contributed by atoms with Crippen molar-refractivity contribution in [2.45, 2.75) is 19.4 Å². The predicted octanol–water partition coefficient (Wildman–Crippen LogP) is 5.25. The molecule has 2 aromatic carbocycles. The van der Waals surface area contributed by atoms with E-state index >= 15 is 0 Å². The molecule has 3 aromatic rings. The fourth-order valence-corrected chi connectivity index (χ4v) is 3.71. The fraction of sp³-hybridized carbons (Fsp3) is 0.176. The topological polar surface area (TPSA) is 20.2 Å². The van der Waals surface area contributed by atoms with Crippen LogP contribution in [0.3, 0.4) is 0 Å². The van der Waals surface area contributed by atoms with Crippen molar-refractivity contribution in [1.29, 1.82) is 0 Å². The fourth-order valence-electron chi connectivity index (χ4n) is 2.33. The molecule has 1 atom stereocenters. The van der Waals surface area contributed by atoms with E-state index in [0.29, 0.717) is 6.42 Å². The van der Waals surface area contributed by atoms with Gasteiger partial charge in [-0.1, -0.05) is 46.3 Å². The van der Waals surface area contributed by atoms with Crippen LogP contribution in [-0.4, -0.2) is 5.11 Å². The lowest BCUT2D eigenvalue weighted by Gasteiger charge is -2.12. The van der Waals surface area contributed by atoms with E-state index in [0.717, 1.165) is 10.0 Å². The highest BCUT2D eigenvalue weighted by molar-refractivity contribution is 9.10. The van der Waals surface area contributed by atoms with Gasteiger partial charge in [0.25, 0.3) is 0 Å². The molecule has 0 bridgehead atoms. The molecule has 0 amide bonds. The van der Waals surface area contributed by atoms with Gasteiger partial charge in [-0.05, 0) is 46.5 Å². The van der Waals surface area contributed by atoms with E-state index in [1.807, 2.05) is 31.2 Å². The molecule has 20 heavy (non-hydrogen) atoms. The molecule has 1 aromatic heterocycles. The molecule has 0 aliphatic rings. The van der Waals surface area contributed by atoms with Gasteiger partial charge in [0, 0.05) is 15.6 Å². The molecule has 1 unspecified atom stereocenters. The summed E-state index contributed by atoms with van der Waals surface area (Å²) in [6.45, 7) is 2.05. The Morgan fingerprint density at radius 3 is 2.80 bits per heavy atom. The van der Waals surface area contributed by atoms with E-state index in [1.165, 1.54) is 21.2 Å². The summed E-state index contributed by atoms with van der Waals surface area (Å²) in [5, 5.41) is 13.9. The number of fused-ring (bicyclic) bond motifs is 1. The third kappa shape index (κ3) is 2.66. The van der Waals surface area contributed by atoms with Gasteiger partial charge in [-0.15, -0.1) is 11.3 Å². The van der Waals surface area contributed by atoms with Gasteiger partial charge in [0.2, 0.25) is 0 Å². The molecule has 0 spiro atoms. The number of thiophene rings is 1. The molecule has 3 heteroatoms. The zero-order chi connectivity index (χ0) is 14.1. The smallest absolute Gasteiger partial charge is 0.0831 e. The normalized spacial score (nSPS) is 12.8. The van der Waals surface area contributed by atoms with Crippen LogP contribution in [0.1, 0.15) is 22.8 Å². The molecule has 0 aliphatic heterocycles. The maximum Gasteiger partial charge on any atom is 0.0831 e. The lowest BCUT2D eigenvalue weighted by Crippen LogP contribution is -2.01.